The molecule has 0 aromatic carbocycles. The number of nitrogens with one attached hydrogen (secondary N) is 2. The van der Waals surface area contributed by atoms with Gasteiger partial charge in [0.1, 0.15) is 0 Å². The highest BCUT2D eigenvalue weighted by molar-refractivity contribution is 5.76. The molecular weight excluding hydrogens is 216 g/mol. The molecule has 0 aliphatic carbocycles. The Balaban J connectivity index is 2.31. The van der Waals surface area contributed by atoms with Gasteiger partial charge in [-0.3, -0.25) is 4.79 Å². The monoisotopic (exact) mass is 238 g/mol. The lowest BCUT2D eigenvalue weighted by molar-refractivity contribution is -0.121. The number of aryl methyl sites for hydroxylation is 1. The quantitative estimate of drug-likeness (QED) is 0.742. The molecule has 0 radical (unpaired) electrons. The first-order valence-corrected chi connectivity index (χ1v) is 6.12. The summed E-state index contributed by atoms with van der Waals surface area (Å²) in [6.07, 6.45) is 4.25. The van der Waals surface area contributed by atoms with Crippen molar-refractivity contribution in [3.63, 3.8) is 0 Å². The van der Waals surface area contributed by atoms with Crippen LogP contribution in [0.15, 0.2) is 12.5 Å². The Bertz CT molecular complexity index is 346. The van der Waals surface area contributed by atoms with Crippen molar-refractivity contribution in [1.82, 2.24) is 20.2 Å². The zero-order valence-electron chi connectivity index (χ0n) is 10.9. The Morgan fingerprint density at radius 3 is 2.94 bits per heavy atom. The highest BCUT2D eigenvalue weighted by Gasteiger charge is 2.04. The third kappa shape index (κ3) is 5.49. The van der Waals surface area contributed by atoms with Crippen LogP contribution in [0.4, 0.5) is 0 Å². The Morgan fingerprint density at radius 2 is 2.29 bits per heavy atom. The second-order valence-corrected chi connectivity index (χ2v) is 4.36. The molecule has 0 saturated carbocycles. The molecule has 0 saturated heterocycles. The van der Waals surface area contributed by atoms with E-state index in [2.05, 4.69) is 22.5 Å². The Kier molecular flexibility index (Phi) is 5.69. The third-order valence-corrected chi connectivity index (χ3v) is 2.29. The van der Waals surface area contributed by atoms with E-state index in [9.17, 15) is 4.79 Å². The van der Waals surface area contributed by atoms with Crippen molar-refractivity contribution in [3.8, 4) is 0 Å². The Hall–Kier alpha value is -1.36. The molecule has 1 rings (SSSR count). The molecule has 17 heavy (non-hydrogen) atoms. The predicted octanol–water partition coefficient (Wildman–Crippen LogP) is 0.907. The van der Waals surface area contributed by atoms with Gasteiger partial charge in [-0.15, -0.1) is 0 Å². The Labute approximate surface area is 103 Å². The lowest BCUT2D eigenvalue weighted by Gasteiger charge is -2.08. The van der Waals surface area contributed by atoms with Gasteiger partial charge < -0.3 is 15.2 Å². The fourth-order valence-electron chi connectivity index (χ4n) is 1.50. The number of carbonyl (C=O) groups is 1. The number of aromatic nitrogens is 2. The van der Waals surface area contributed by atoms with Crippen molar-refractivity contribution in [2.75, 3.05) is 6.54 Å². The first-order valence-electron chi connectivity index (χ1n) is 6.12. The lowest BCUT2D eigenvalue weighted by atomic mass is 10.3. The smallest absolute Gasteiger partial charge is 0.221 e. The molecule has 5 nitrogen and oxygen atoms in total. The molecule has 2 N–H and O–H groups in total. The van der Waals surface area contributed by atoms with Gasteiger partial charge in [0.25, 0.3) is 0 Å². The van der Waals surface area contributed by atoms with E-state index in [1.807, 2.05) is 24.6 Å². The van der Waals surface area contributed by atoms with E-state index in [-0.39, 0.29) is 11.9 Å². The maximum atomic E-state index is 11.4. The standard InChI is InChI=1S/C12H22N4O/c1-4-13-7-11-8-16(9-14-11)6-5-12(17)15-10(2)3/h8-10,13H,4-7H2,1-3H3,(H,15,17). The fourth-order valence-corrected chi connectivity index (χ4v) is 1.50. The van der Waals surface area contributed by atoms with Crippen molar-refractivity contribution >= 4 is 5.91 Å². The molecule has 0 unspecified atom stereocenters. The van der Waals surface area contributed by atoms with Crippen molar-refractivity contribution in [3.05, 3.63) is 18.2 Å². The van der Waals surface area contributed by atoms with Crippen molar-refractivity contribution in [2.24, 2.45) is 0 Å². The van der Waals surface area contributed by atoms with E-state index in [1.54, 1.807) is 6.33 Å². The van der Waals surface area contributed by atoms with Crippen LogP contribution in [-0.4, -0.2) is 28.0 Å². The van der Waals surface area contributed by atoms with E-state index >= 15 is 0 Å². The summed E-state index contributed by atoms with van der Waals surface area (Å²) in [6, 6.07) is 0.203. The molecule has 0 bridgehead atoms. The average molecular weight is 238 g/mol. The third-order valence-electron chi connectivity index (χ3n) is 2.29. The minimum Gasteiger partial charge on any atom is -0.354 e. The highest BCUT2D eigenvalue weighted by Crippen LogP contribution is 1.98. The molecule has 0 atom stereocenters. The minimum atomic E-state index is 0.0851. The largest absolute Gasteiger partial charge is 0.354 e. The summed E-state index contributed by atoms with van der Waals surface area (Å²) in [5.41, 5.74) is 1.01. The second kappa shape index (κ2) is 7.06. The van der Waals surface area contributed by atoms with Crippen LogP contribution in [0.5, 0.6) is 0 Å². The fraction of sp³-hybridized carbons (Fsp3) is 0.667. The van der Waals surface area contributed by atoms with Gasteiger partial charge in [-0.1, -0.05) is 6.92 Å². The van der Waals surface area contributed by atoms with Gasteiger partial charge in [0.2, 0.25) is 5.91 Å². The highest BCUT2D eigenvalue weighted by atomic mass is 16.1. The van der Waals surface area contributed by atoms with Gasteiger partial charge in [-0.25, -0.2) is 4.98 Å². The zero-order valence-corrected chi connectivity index (χ0v) is 10.9. The van der Waals surface area contributed by atoms with E-state index in [4.69, 9.17) is 0 Å². The number of imidazole rings is 1. The summed E-state index contributed by atoms with van der Waals surface area (Å²) >= 11 is 0. The number of nitrogens with zero attached hydrogens (tertiary/aromatic N) is 2. The molecule has 0 fully saturated rings. The van der Waals surface area contributed by atoms with Gasteiger partial charge in [-0.2, -0.15) is 0 Å². The van der Waals surface area contributed by atoms with Gasteiger partial charge in [0.05, 0.1) is 12.0 Å². The first kappa shape index (κ1) is 13.7. The molecule has 1 amide bonds. The molecule has 0 aliphatic rings. The SMILES string of the molecule is CCNCc1cn(CCC(=O)NC(C)C)cn1. The van der Waals surface area contributed by atoms with E-state index < -0.39 is 0 Å². The molecule has 96 valence electrons. The average Bonchev–Trinajstić information content (AvgIpc) is 2.70. The zero-order chi connectivity index (χ0) is 12.7. The summed E-state index contributed by atoms with van der Waals surface area (Å²) in [5.74, 6) is 0.0851. The van der Waals surface area contributed by atoms with Gasteiger partial charge in [0, 0.05) is 31.7 Å². The van der Waals surface area contributed by atoms with Gasteiger partial charge >= 0.3 is 0 Å². The van der Waals surface area contributed by atoms with Crippen LogP contribution in [-0.2, 0) is 17.9 Å². The van der Waals surface area contributed by atoms with Crippen LogP contribution < -0.4 is 10.6 Å². The molecular formula is C12H22N4O. The van der Waals surface area contributed by atoms with Crippen molar-refractivity contribution in [1.29, 1.82) is 0 Å². The van der Waals surface area contributed by atoms with Crippen molar-refractivity contribution in [2.45, 2.75) is 46.3 Å². The van der Waals surface area contributed by atoms with Crippen LogP contribution in [0.3, 0.4) is 0 Å². The number of amides is 1. The first-order chi connectivity index (χ1) is 8.11. The molecule has 1 aromatic rings. The number of hydrogen-bond acceptors (Lipinski definition) is 3. The van der Waals surface area contributed by atoms with Gasteiger partial charge in [-0.05, 0) is 20.4 Å². The summed E-state index contributed by atoms with van der Waals surface area (Å²) in [5, 5.41) is 6.08. The molecule has 0 aliphatic heterocycles. The topological polar surface area (TPSA) is 59.0 Å². The number of rotatable bonds is 7. The van der Waals surface area contributed by atoms with E-state index in [1.165, 1.54) is 0 Å². The van der Waals surface area contributed by atoms with Crippen LogP contribution in [0.1, 0.15) is 32.9 Å². The molecule has 1 heterocycles. The molecule has 5 heteroatoms. The maximum Gasteiger partial charge on any atom is 0.221 e. The summed E-state index contributed by atoms with van der Waals surface area (Å²) in [6.45, 7) is 8.38. The summed E-state index contributed by atoms with van der Waals surface area (Å²) in [4.78, 5) is 15.7. The van der Waals surface area contributed by atoms with Gasteiger partial charge in [0.15, 0.2) is 0 Å². The van der Waals surface area contributed by atoms with Crippen LogP contribution in [0.25, 0.3) is 0 Å². The van der Waals surface area contributed by atoms with E-state index in [0.717, 1.165) is 18.8 Å². The normalized spacial score (nSPS) is 10.8. The Morgan fingerprint density at radius 1 is 1.53 bits per heavy atom. The van der Waals surface area contributed by atoms with Crippen molar-refractivity contribution < 1.29 is 4.79 Å². The molecule has 0 spiro atoms. The van der Waals surface area contributed by atoms with E-state index in [0.29, 0.717) is 13.0 Å². The lowest BCUT2D eigenvalue weighted by Crippen LogP contribution is -2.30. The molecule has 1 aromatic heterocycles. The van der Waals surface area contributed by atoms with Crippen LogP contribution >= 0.6 is 0 Å². The second-order valence-electron chi connectivity index (χ2n) is 4.36. The summed E-state index contributed by atoms with van der Waals surface area (Å²) < 4.78 is 1.95. The maximum absolute atomic E-state index is 11.4. The van der Waals surface area contributed by atoms with Crippen LogP contribution in [0, 0.1) is 0 Å². The summed E-state index contributed by atoms with van der Waals surface area (Å²) in [7, 11) is 0. The number of hydrogen-bond donors (Lipinski definition) is 2. The van der Waals surface area contributed by atoms with Crippen LogP contribution in [0.2, 0.25) is 0 Å². The number of carbonyl (C=O) groups excluding carboxylic acids is 1. The minimum absolute atomic E-state index is 0.0851. The predicted molar refractivity (Wildman–Crippen MR) is 67.5 cm³/mol.